The standard InChI is InChI=1S/C11H20N2O2S/c1-10(2,3)15-9(14)13-5-11(6-13)7-16-4-8(11)12/h8H,4-7,12H2,1-3H3/t8-/m1/s1. The summed E-state index contributed by atoms with van der Waals surface area (Å²) in [6.07, 6.45) is -0.206. The SMILES string of the molecule is CC(C)(C)OC(=O)N1CC2(CSC[C@H]2N)C1. The monoisotopic (exact) mass is 244 g/mol. The van der Waals surface area contributed by atoms with Gasteiger partial charge in [-0.1, -0.05) is 0 Å². The van der Waals surface area contributed by atoms with Gasteiger partial charge in [0.25, 0.3) is 0 Å². The average Bonchev–Trinajstić information content (AvgIpc) is 2.40. The van der Waals surface area contributed by atoms with Gasteiger partial charge in [0.2, 0.25) is 0 Å². The average molecular weight is 244 g/mol. The molecule has 2 heterocycles. The van der Waals surface area contributed by atoms with Crippen LogP contribution in [0.4, 0.5) is 4.79 Å². The second-order valence-electron chi connectivity index (χ2n) is 5.82. The number of rotatable bonds is 0. The lowest BCUT2D eigenvalue weighted by molar-refractivity contribution is -0.0299. The van der Waals surface area contributed by atoms with Crippen molar-refractivity contribution in [2.45, 2.75) is 32.4 Å². The van der Waals surface area contributed by atoms with Crippen LogP contribution in [0.2, 0.25) is 0 Å². The maximum absolute atomic E-state index is 11.7. The Labute approximate surface area is 101 Å². The number of nitrogens with two attached hydrogens (primary N) is 1. The van der Waals surface area contributed by atoms with Gasteiger partial charge in [0.15, 0.2) is 0 Å². The molecular formula is C11H20N2O2S. The first-order valence-corrected chi connectivity index (χ1v) is 6.79. The highest BCUT2D eigenvalue weighted by Gasteiger charge is 2.52. The molecule has 5 heteroatoms. The lowest BCUT2D eigenvalue weighted by Gasteiger charge is -2.49. The second-order valence-corrected chi connectivity index (χ2v) is 6.85. The minimum absolute atomic E-state index is 0.168. The Kier molecular flexibility index (Phi) is 2.87. The molecule has 0 bridgehead atoms. The third kappa shape index (κ3) is 2.15. The molecule has 2 aliphatic rings. The molecule has 2 rings (SSSR count). The molecule has 0 saturated carbocycles. The third-order valence-electron chi connectivity index (χ3n) is 3.14. The van der Waals surface area contributed by atoms with Gasteiger partial charge in [-0.25, -0.2) is 4.79 Å². The van der Waals surface area contributed by atoms with E-state index in [0.29, 0.717) is 0 Å². The maximum atomic E-state index is 11.7. The van der Waals surface area contributed by atoms with Crippen LogP contribution in [-0.2, 0) is 4.74 Å². The number of hydrogen-bond donors (Lipinski definition) is 1. The molecule has 2 fully saturated rings. The number of carbonyl (C=O) groups excluding carboxylic acids is 1. The van der Waals surface area contributed by atoms with Crippen molar-refractivity contribution in [2.75, 3.05) is 24.6 Å². The van der Waals surface area contributed by atoms with E-state index in [0.717, 1.165) is 24.6 Å². The lowest BCUT2D eigenvalue weighted by atomic mass is 9.76. The molecule has 1 atom stereocenters. The number of carbonyl (C=O) groups is 1. The van der Waals surface area contributed by atoms with Crippen LogP contribution in [0.25, 0.3) is 0 Å². The van der Waals surface area contributed by atoms with Crippen LogP contribution in [0.15, 0.2) is 0 Å². The first kappa shape index (κ1) is 12.0. The zero-order valence-electron chi connectivity index (χ0n) is 10.2. The van der Waals surface area contributed by atoms with Gasteiger partial charge in [0.1, 0.15) is 5.60 Å². The molecule has 4 nitrogen and oxygen atoms in total. The highest BCUT2D eigenvalue weighted by atomic mass is 32.2. The summed E-state index contributed by atoms with van der Waals surface area (Å²) in [4.78, 5) is 13.5. The molecule has 1 spiro atoms. The Morgan fingerprint density at radius 3 is 2.56 bits per heavy atom. The maximum Gasteiger partial charge on any atom is 0.410 e. The van der Waals surface area contributed by atoms with Crippen molar-refractivity contribution in [2.24, 2.45) is 11.1 Å². The van der Waals surface area contributed by atoms with Crippen LogP contribution in [-0.4, -0.2) is 47.2 Å². The van der Waals surface area contributed by atoms with E-state index in [1.165, 1.54) is 0 Å². The van der Waals surface area contributed by atoms with E-state index in [2.05, 4.69) is 0 Å². The molecule has 0 aromatic rings. The van der Waals surface area contributed by atoms with Gasteiger partial charge in [-0.15, -0.1) is 0 Å². The predicted molar refractivity (Wildman–Crippen MR) is 65.5 cm³/mol. The third-order valence-corrected chi connectivity index (χ3v) is 4.51. The fourth-order valence-corrected chi connectivity index (χ4v) is 3.70. The van der Waals surface area contributed by atoms with E-state index >= 15 is 0 Å². The van der Waals surface area contributed by atoms with Gasteiger partial charge >= 0.3 is 6.09 Å². The number of likely N-dealkylation sites (tertiary alicyclic amines) is 1. The van der Waals surface area contributed by atoms with Crippen molar-refractivity contribution < 1.29 is 9.53 Å². The first-order chi connectivity index (χ1) is 7.32. The summed E-state index contributed by atoms with van der Waals surface area (Å²) < 4.78 is 5.32. The number of ether oxygens (including phenoxy) is 1. The molecule has 0 aliphatic carbocycles. The predicted octanol–water partition coefficient (Wildman–Crippen LogP) is 1.30. The lowest BCUT2D eigenvalue weighted by Crippen LogP contribution is -2.65. The molecule has 0 radical (unpaired) electrons. The molecule has 2 aliphatic heterocycles. The summed E-state index contributed by atoms with van der Waals surface area (Å²) in [6, 6.07) is 0.233. The normalized spacial score (nSPS) is 28.0. The molecule has 0 unspecified atom stereocenters. The van der Waals surface area contributed by atoms with Gasteiger partial charge in [0, 0.05) is 36.1 Å². The van der Waals surface area contributed by atoms with Crippen LogP contribution in [0.3, 0.4) is 0 Å². The van der Waals surface area contributed by atoms with Gasteiger partial charge in [0.05, 0.1) is 0 Å². The smallest absolute Gasteiger partial charge is 0.410 e. The van der Waals surface area contributed by atoms with Crippen molar-refractivity contribution in [3.8, 4) is 0 Å². The number of thioether (sulfide) groups is 1. The molecule has 2 N–H and O–H groups in total. The summed E-state index contributed by atoms with van der Waals surface area (Å²) in [6.45, 7) is 7.18. The fourth-order valence-electron chi connectivity index (χ4n) is 2.17. The Bertz CT molecular complexity index is 295. The number of nitrogens with zero attached hydrogens (tertiary/aromatic N) is 1. The van der Waals surface area contributed by atoms with Crippen LogP contribution in [0, 0.1) is 5.41 Å². The molecule has 2 saturated heterocycles. The Morgan fingerprint density at radius 2 is 2.12 bits per heavy atom. The summed E-state index contributed by atoms with van der Waals surface area (Å²) >= 11 is 1.89. The molecule has 92 valence electrons. The van der Waals surface area contributed by atoms with E-state index in [9.17, 15) is 4.79 Å². The van der Waals surface area contributed by atoms with Crippen molar-refractivity contribution in [1.82, 2.24) is 4.90 Å². The summed E-state index contributed by atoms with van der Waals surface area (Å²) in [5.74, 6) is 2.09. The Morgan fingerprint density at radius 1 is 1.50 bits per heavy atom. The van der Waals surface area contributed by atoms with Crippen molar-refractivity contribution in [3.05, 3.63) is 0 Å². The van der Waals surface area contributed by atoms with Crippen molar-refractivity contribution in [1.29, 1.82) is 0 Å². The Balaban J connectivity index is 1.86. The van der Waals surface area contributed by atoms with E-state index in [4.69, 9.17) is 10.5 Å². The van der Waals surface area contributed by atoms with E-state index in [1.54, 1.807) is 4.90 Å². The minimum atomic E-state index is -0.410. The summed E-state index contributed by atoms with van der Waals surface area (Å²) in [7, 11) is 0. The zero-order valence-corrected chi connectivity index (χ0v) is 11.0. The highest BCUT2D eigenvalue weighted by molar-refractivity contribution is 7.99. The van der Waals surface area contributed by atoms with Crippen LogP contribution >= 0.6 is 11.8 Å². The van der Waals surface area contributed by atoms with Gasteiger partial charge in [-0.3, -0.25) is 0 Å². The van der Waals surface area contributed by atoms with Gasteiger partial charge in [-0.05, 0) is 20.8 Å². The topological polar surface area (TPSA) is 55.6 Å². The second kappa shape index (κ2) is 3.81. The largest absolute Gasteiger partial charge is 0.444 e. The molecule has 1 amide bonds. The van der Waals surface area contributed by atoms with Crippen LogP contribution in [0.1, 0.15) is 20.8 Å². The Hall–Kier alpha value is -0.420. The van der Waals surface area contributed by atoms with Crippen LogP contribution in [0.5, 0.6) is 0 Å². The molecule has 16 heavy (non-hydrogen) atoms. The van der Waals surface area contributed by atoms with Crippen molar-refractivity contribution >= 4 is 17.9 Å². The van der Waals surface area contributed by atoms with Gasteiger partial charge < -0.3 is 15.4 Å². The molecular weight excluding hydrogens is 224 g/mol. The quantitative estimate of drug-likeness (QED) is 0.698. The fraction of sp³-hybridized carbons (Fsp3) is 0.909. The molecule has 0 aromatic carbocycles. The summed E-state index contributed by atoms with van der Waals surface area (Å²) in [5.41, 5.74) is 5.82. The van der Waals surface area contributed by atoms with E-state index < -0.39 is 5.60 Å². The zero-order chi connectivity index (χ0) is 12.0. The number of hydrogen-bond acceptors (Lipinski definition) is 4. The first-order valence-electron chi connectivity index (χ1n) is 5.64. The number of amides is 1. The van der Waals surface area contributed by atoms with Crippen molar-refractivity contribution in [3.63, 3.8) is 0 Å². The van der Waals surface area contributed by atoms with E-state index in [-0.39, 0.29) is 17.6 Å². The van der Waals surface area contributed by atoms with Crippen LogP contribution < -0.4 is 5.73 Å². The minimum Gasteiger partial charge on any atom is -0.444 e. The van der Waals surface area contributed by atoms with Gasteiger partial charge in [-0.2, -0.15) is 11.8 Å². The van der Waals surface area contributed by atoms with E-state index in [1.807, 2.05) is 32.5 Å². The highest BCUT2D eigenvalue weighted by Crippen LogP contribution is 2.43. The summed E-state index contributed by atoms with van der Waals surface area (Å²) in [5, 5.41) is 0. The molecule has 0 aromatic heterocycles.